The first-order chi connectivity index (χ1) is 11.4. The Labute approximate surface area is 147 Å². The minimum atomic E-state index is -4.01. The van der Waals surface area contributed by atoms with Gasteiger partial charge in [0, 0.05) is 6.07 Å². The normalized spacial score (nSPS) is 11.7. The number of hydrogen-bond donors (Lipinski definition) is 0. The molecule has 126 valence electrons. The first-order valence-corrected chi connectivity index (χ1v) is 9.11. The fourth-order valence-corrected chi connectivity index (χ4v) is 4.19. The predicted octanol–water partition coefficient (Wildman–Crippen LogP) is 2.76. The highest BCUT2D eigenvalue weighted by molar-refractivity contribution is 9.10. The Kier molecular flexibility index (Phi) is 4.22. The summed E-state index contributed by atoms with van der Waals surface area (Å²) < 4.78 is 38.0. The van der Waals surface area contributed by atoms with Gasteiger partial charge in [0.1, 0.15) is 27.4 Å². The lowest BCUT2D eigenvalue weighted by atomic mass is 10.2. The monoisotopic (exact) mass is 411 g/mol. The van der Waals surface area contributed by atoms with E-state index in [2.05, 4.69) is 26.2 Å². The van der Waals surface area contributed by atoms with E-state index in [0.29, 0.717) is 21.3 Å². The summed E-state index contributed by atoms with van der Waals surface area (Å²) in [6.07, 6.45) is 0. The number of aryl methyl sites for hydroxylation is 1. The second kappa shape index (κ2) is 6.06. The lowest BCUT2D eigenvalue weighted by Gasteiger charge is -2.12. The van der Waals surface area contributed by atoms with E-state index in [0.717, 1.165) is 9.65 Å². The van der Waals surface area contributed by atoms with E-state index in [1.165, 1.54) is 26.4 Å². The maximum absolute atomic E-state index is 13.1. The van der Waals surface area contributed by atoms with Gasteiger partial charge in [0.25, 0.3) is 10.0 Å². The second-order valence-corrected chi connectivity index (χ2v) is 7.66. The van der Waals surface area contributed by atoms with Crippen molar-refractivity contribution >= 4 is 37.0 Å². The SMILES string of the molecule is COc1cc(S(=O)(=O)n2nnc3cc(C)ccc32)c(OC)cc1Br. The van der Waals surface area contributed by atoms with E-state index in [1.54, 1.807) is 18.2 Å². The van der Waals surface area contributed by atoms with Crippen molar-refractivity contribution in [1.29, 1.82) is 0 Å². The van der Waals surface area contributed by atoms with Gasteiger partial charge in [-0.3, -0.25) is 0 Å². The number of aromatic nitrogens is 3. The van der Waals surface area contributed by atoms with Crippen molar-refractivity contribution in [2.45, 2.75) is 11.8 Å². The van der Waals surface area contributed by atoms with E-state index < -0.39 is 10.0 Å². The third-order valence-corrected chi connectivity index (χ3v) is 5.73. The van der Waals surface area contributed by atoms with Gasteiger partial charge in [-0.25, -0.2) is 0 Å². The molecule has 0 radical (unpaired) electrons. The Hall–Kier alpha value is -2.13. The number of fused-ring (bicyclic) bond motifs is 1. The number of ether oxygens (including phenoxy) is 2. The van der Waals surface area contributed by atoms with Crippen molar-refractivity contribution < 1.29 is 17.9 Å². The molecule has 0 atom stereocenters. The van der Waals surface area contributed by atoms with Crippen molar-refractivity contribution in [2.75, 3.05) is 14.2 Å². The van der Waals surface area contributed by atoms with Crippen LogP contribution in [-0.4, -0.2) is 37.0 Å². The van der Waals surface area contributed by atoms with Gasteiger partial charge in [0.15, 0.2) is 0 Å². The van der Waals surface area contributed by atoms with Crippen LogP contribution in [0.15, 0.2) is 39.7 Å². The summed E-state index contributed by atoms with van der Waals surface area (Å²) in [7, 11) is -1.16. The summed E-state index contributed by atoms with van der Waals surface area (Å²) in [4.78, 5) is -0.0579. The van der Waals surface area contributed by atoms with Crippen LogP contribution in [0, 0.1) is 6.92 Å². The zero-order valence-electron chi connectivity index (χ0n) is 13.1. The maximum atomic E-state index is 13.1. The molecule has 0 fully saturated rings. The van der Waals surface area contributed by atoms with E-state index in [-0.39, 0.29) is 10.6 Å². The number of nitrogens with zero attached hydrogens (tertiary/aromatic N) is 3. The third kappa shape index (κ3) is 2.63. The summed E-state index contributed by atoms with van der Waals surface area (Å²) in [5, 5.41) is 7.75. The van der Waals surface area contributed by atoms with Gasteiger partial charge < -0.3 is 9.47 Å². The molecule has 3 aromatic rings. The Balaban J connectivity index is 2.27. The molecular weight excluding hydrogens is 398 g/mol. The summed E-state index contributed by atoms with van der Waals surface area (Å²) in [6, 6.07) is 8.17. The second-order valence-electron chi connectivity index (χ2n) is 5.07. The molecule has 0 saturated carbocycles. The molecule has 9 heteroatoms. The Morgan fingerprint density at radius 2 is 1.79 bits per heavy atom. The van der Waals surface area contributed by atoms with Gasteiger partial charge in [0.2, 0.25) is 0 Å². The van der Waals surface area contributed by atoms with Gasteiger partial charge in [-0.1, -0.05) is 11.3 Å². The molecule has 0 amide bonds. The summed E-state index contributed by atoms with van der Waals surface area (Å²) in [5.41, 5.74) is 1.86. The zero-order valence-corrected chi connectivity index (χ0v) is 15.6. The highest BCUT2D eigenvalue weighted by atomic mass is 79.9. The Morgan fingerprint density at radius 1 is 1.08 bits per heavy atom. The van der Waals surface area contributed by atoms with Crippen molar-refractivity contribution in [3.05, 3.63) is 40.4 Å². The highest BCUT2D eigenvalue weighted by Crippen LogP contribution is 2.36. The van der Waals surface area contributed by atoms with Crippen LogP contribution in [0.25, 0.3) is 11.0 Å². The van der Waals surface area contributed by atoms with Crippen molar-refractivity contribution in [3.63, 3.8) is 0 Å². The maximum Gasteiger partial charge on any atom is 0.288 e. The molecular formula is C15H14BrN3O4S. The molecule has 0 N–H and O–H groups in total. The average molecular weight is 412 g/mol. The fourth-order valence-electron chi connectivity index (χ4n) is 2.32. The van der Waals surface area contributed by atoms with E-state index in [1.807, 2.05) is 6.92 Å². The van der Waals surface area contributed by atoms with Gasteiger partial charge in [-0.2, -0.15) is 8.42 Å². The third-order valence-electron chi connectivity index (χ3n) is 3.51. The molecule has 2 aromatic carbocycles. The highest BCUT2D eigenvalue weighted by Gasteiger charge is 2.27. The van der Waals surface area contributed by atoms with Gasteiger partial charge in [-0.05, 0) is 46.6 Å². The minimum absolute atomic E-state index is 0.0579. The van der Waals surface area contributed by atoms with Gasteiger partial charge >= 0.3 is 0 Å². The lowest BCUT2D eigenvalue weighted by molar-refractivity contribution is 0.390. The molecule has 0 aliphatic carbocycles. The van der Waals surface area contributed by atoms with Crippen LogP contribution >= 0.6 is 15.9 Å². The molecule has 0 bridgehead atoms. The summed E-state index contributed by atoms with van der Waals surface area (Å²) in [5.74, 6) is 0.549. The molecule has 7 nitrogen and oxygen atoms in total. The molecule has 0 unspecified atom stereocenters. The lowest BCUT2D eigenvalue weighted by Crippen LogP contribution is -2.16. The van der Waals surface area contributed by atoms with Crippen LogP contribution < -0.4 is 9.47 Å². The first kappa shape index (κ1) is 16.7. The van der Waals surface area contributed by atoms with Crippen molar-refractivity contribution in [3.8, 4) is 11.5 Å². The summed E-state index contributed by atoms with van der Waals surface area (Å²) >= 11 is 3.31. The van der Waals surface area contributed by atoms with Crippen LogP contribution in [0.1, 0.15) is 5.56 Å². The number of benzene rings is 2. The van der Waals surface area contributed by atoms with Crippen LogP contribution in [0.2, 0.25) is 0 Å². The molecule has 3 rings (SSSR count). The predicted molar refractivity (Wildman–Crippen MR) is 92.1 cm³/mol. The van der Waals surface area contributed by atoms with Gasteiger partial charge in [-0.15, -0.1) is 9.19 Å². The molecule has 1 heterocycles. The van der Waals surface area contributed by atoms with Crippen molar-refractivity contribution in [2.24, 2.45) is 0 Å². The van der Waals surface area contributed by atoms with Crippen molar-refractivity contribution in [1.82, 2.24) is 14.4 Å². The van der Waals surface area contributed by atoms with E-state index >= 15 is 0 Å². The fraction of sp³-hybridized carbons (Fsp3) is 0.200. The van der Waals surface area contributed by atoms with E-state index in [9.17, 15) is 8.42 Å². The van der Waals surface area contributed by atoms with E-state index in [4.69, 9.17) is 9.47 Å². The molecule has 0 aliphatic heterocycles. The zero-order chi connectivity index (χ0) is 17.5. The largest absolute Gasteiger partial charge is 0.496 e. The topological polar surface area (TPSA) is 83.3 Å². The smallest absolute Gasteiger partial charge is 0.288 e. The Morgan fingerprint density at radius 3 is 2.46 bits per heavy atom. The van der Waals surface area contributed by atoms with Crippen LogP contribution in [-0.2, 0) is 10.0 Å². The van der Waals surface area contributed by atoms with Crippen LogP contribution in [0.3, 0.4) is 0 Å². The number of rotatable bonds is 4. The van der Waals surface area contributed by atoms with Gasteiger partial charge in [0.05, 0.1) is 18.7 Å². The molecule has 0 saturated heterocycles. The standard InChI is InChI=1S/C15H14BrN3O4S/c1-9-4-5-12-11(6-9)17-18-19(12)24(20,21)15-8-13(22-2)10(16)7-14(15)23-3/h4-8H,1-3H3. The molecule has 24 heavy (non-hydrogen) atoms. The Bertz CT molecular complexity index is 1030. The molecule has 1 aromatic heterocycles. The van der Waals surface area contributed by atoms with Crippen LogP contribution in [0.5, 0.6) is 11.5 Å². The first-order valence-electron chi connectivity index (χ1n) is 6.87. The number of halogens is 1. The van der Waals surface area contributed by atoms with Crippen LogP contribution in [0.4, 0.5) is 0 Å². The number of hydrogen-bond acceptors (Lipinski definition) is 6. The molecule has 0 spiro atoms. The molecule has 0 aliphatic rings. The quantitative estimate of drug-likeness (QED) is 0.656. The minimum Gasteiger partial charge on any atom is -0.496 e. The number of methoxy groups -OCH3 is 2. The average Bonchev–Trinajstić information content (AvgIpc) is 2.97. The summed E-state index contributed by atoms with van der Waals surface area (Å²) in [6.45, 7) is 1.90.